The SMILES string of the molecule is NCCNC(=O)c1ccccc1/C=C/c1ccc(F)c(C(F)(F)F)c1. The van der Waals surface area contributed by atoms with Gasteiger partial charge in [0.05, 0.1) is 5.56 Å². The number of nitrogens with two attached hydrogens (primary N) is 1. The smallest absolute Gasteiger partial charge is 0.351 e. The van der Waals surface area contributed by atoms with E-state index in [4.69, 9.17) is 5.73 Å². The van der Waals surface area contributed by atoms with Crippen LogP contribution in [0.3, 0.4) is 0 Å². The Morgan fingerprint density at radius 1 is 1.12 bits per heavy atom. The van der Waals surface area contributed by atoms with Crippen molar-refractivity contribution < 1.29 is 22.4 Å². The minimum Gasteiger partial charge on any atom is -0.351 e. The fourth-order valence-corrected chi connectivity index (χ4v) is 2.18. The summed E-state index contributed by atoms with van der Waals surface area (Å²) in [5, 5.41) is 2.63. The fourth-order valence-electron chi connectivity index (χ4n) is 2.18. The molecule has 3 N–H and O–H groups in total. The maximum Gasteiger partial charge on any atom is 0.419 e. The Morgan fingerprint density at radius 3 is 2.52 bits per heavy atom. The summed E-state index contributed by atoms with van der Waals surface area (Å²) in [5.74, 6) is -1.66. The number of rotatable bonds is 5. The van der Waals surface area contributed by atoms with Gasteiger partial charge in [0.1, 0.15) is 5.82 Å². The molecule has 0 radical (unpaired) electrons. The van der Waals surface area contributed by atoms with Crippen molar-refractivity contribution in [3.63, 3.8) is 0 Å². The van der Waals surface area contributed by atoms with Crippen molar-refractivity contribution >= 4 is 18.1 Å². The van der Waals surface area contributed by atoms with Gasteiger partial charge in [-0.3, -0.25) is 4.79 Å². The summed E-state index contributed by atoms with van der Waals surface area (Å²) in [5.41, 5.74) is 5.07. The summed E-state index contributed by atoms with van der Waals surface area (Å²) < 4.78 is 51.6. The van der Waals surface area contributed by atoms with Crippen LogP contribution >= 0.6 is 0 Å². The number of alkyl halides is 3. The first kappa shape index (κ1) is 18.7. The molecule has 0 heterocycles. The van der Waals surface area contributed by atoms with Crippen LogP contribution in [0.15, 0.2) is 42.5 Å². The van der Waals surface area contributed by atoms with E-state index in [0.717, 1.165) is 12.1 Å². The molecule has 0 bridgehead atoms. The quantitative estimate of drug-likeness (QED) is 0.637. The lowest BCUT2D eigenvalue weighted by atomic mass is 10.0. The fraction of sp³-hybridized carbons (Fsp3) is 0.167. The van der Waals surface area contributed by atoms with Gasteiger partial charge in [0.15, 0.2) is 0 Å². The van der Waals surface area contributed by atoms with Crippen molar-refractivity contribution in [2.45, 2.75) is 6.18 Å². The maximum absolute atomic E-state index is 13.3. The molecule has 0 spiro atoms. The third-order valence-corrected chi connectivity index (χ3v) is 3.39. The molecule has 2 aromatic rings. The Bertz CT molecular complexity index is 785. The molecule has 0 aliphatic heterocycles. The average Bonchev–Trinajstić information content (AvgIpc) is 2.58. The van der Waals surface area contributed by atoms with E-state index in [1.54, 1.807) is 24.3 Å². The van der Waals surface area contributed by atoms with E-state index in [-0.39, 0.29) is 11.5 Å². The number of carbonyl (C=O) groups excluding carboxylic acids is 1. The number of halogens is 4. The summed E-state index contributed by atoms with van der Waals surface area (Å²) >= 11 is 0. The minimum absolute atomic E-state index is 0.172. The van der Waals surface area contributed by atoms with Crippen molar-refractivity contribution in [2.24, 2.45) is 5.73 Å². The van der Waals surface area contributed by atoms with Gasteiger partial charge in [0.25, 0.3) is 5.91 Å². The Morgan fingerprint density at radius 2 is 1.84 bits per heavy atom. The highest BCUT2D eigenvalue weighted by molar-refractivity contribution is 5.98. The number of benzene rings is 2. The lowest BCUT2D eigenvalue weighted by Gasteiger charge is -2.09. The molecule has 0 unspecified atom stereocenters. The summed E-state index contributed by atoms with van der Waals surface area (Å²) in [6.45, 7) is 0.601. The predicted octanol–water partition coefficient (Wildman–Crippen LogP) is 3.70. The largest absolute Gasteiger partial charge is 0.419 e. The van der Waals surface area contributed by atoms with Gasteiger partial charge in [-0.05, 0) is 29.3 Å². The van der Waals surface area contributed by atoms with Gasteiger partial charge in [0.2, 0.25) is 0 Å². The molecule has 132 valence electrons. The molecule has 0 fully saturated rings. The van der Waals surface area contributed by atoms with E-state index >= 15 is 0 Å². The molecular weight excluding hydrogens is 336 g/mol. The zero-order valence-corrected chi connectivity index (χ0v) is 13.1. The number of hydrogen-bond acceptors (Lipinski definition) is 2. The zero-order valence-electron chi connectivity index (χ0n) is 13.1. The third kappa shape index (κ3) is 4.90. The maximum atomic E-state index is 13.3. The second kappa shape index (κ2) is 7.94. The summed E-state index contributed by atoms with van der Waals surface area (Å²) in [6.07, 6.45) is -1.87. The van der Waals surface area contributed by atoms with Gasteiger partial charge in [-0.2, -0.15) is 13.2 Å². The highest BCUT2D eigenvalue weighted by Crippen LogP contribution is 2.32. The van der Waals surface area contributed by atoms with Gasteiger partial charge < -0.3 is 11.1 Å². The van der Waals surface area contributed by atoms with Crippen molar-refractivity contribution in [1.29, 1.82) is 0 Å². The monoisotopic (exact) mass is 352 g/mol. The van der Waals surface area contributed by atoms with Gasteiger partial charge >= 0.3 is 6.18 Å². The van der Waals surface area contributed by atoms with E-state index in [1.165, 1.54) is 18.2 Å². The first-order valence-corrected chi connectivity index (χ1v) is 7.45. The van der Waals surface area contributed by atoms with Crippen LogP contribution in [0.1, 0.15) is 27.0 Å². The molecule has 2 aromatic carbocycles. The second-order valence-electron chi connectivity index (χ2n) is 5.20. The summed E-state index contributed by atoms with van der Waals surface area (Å²) in [6, 6.07) is 9.35. The van der Waals surface area contributed by atoms with Crippen molar-refractivity contribution in [3.8, 4) is 0 Å². The lowest BCUT2D eigenvalue weighted by Crippen LogP contribution is -2.29. The van der Waals surface area contributed by atoms with Gasteiger partial charge in [-0.1, -0.05) is 36.4 Å². The standard InChI is InChI=1S/C18H16F4N2O/c19-16-8-6-12(11-15(16)18(20,21)22)5-7-13-3-1-2-4-14(13)17(25)24-10-9-23/h1-8,11H,9-10,23H2,(H,24,25)/b7-5+. The Kier molecular flexibility index (Phi) is 5.93. The predicted molar refractivity (Wildman–Crippen MR) is 88.2 cm³/mol. The molecule has 0 atom stereocenters. The van der Waals surface area contributed by atoms with Gasteiger partial charge in [0, 0.05) is 18.7 Å². The number of amides is 1. The highest BCUT2D eigenvalue weighted by Gasteiger charge is 2.33. The first-order chi connectivity index (χ1) is 11.8. The molecule has 2 rings (SSSR count). The van der Waals surface area contributed by atoms with Gasteiger partial charge in [-0.15, -0.1) is 0 Å². The Balaban J connectivity index is 2.30. The lowest BCUT2D eigenvalue weighted by molar-refractivity contribution is -0.140. The number of hydrogen-bond donors (Lipinski definition) is 2. The summed E-state index contributed by atoms with van der Waals surface area (Å²) in [4.78, 5) is 12.1. The summed E-state index contributed by atoms with van der Waals surface area (Å²) in [7, 11) is 0. The molecule has 3 nitrogen and oxygen atoms in total. The van der Waals surface area contributed by atoms with Crippen LogP contribution in [0, 0.1) is 5.82 Å². The average molecular weight is 352 g/mol. The van der Waals surface area contributed by atoms with E-state index in [9.17, 15) is 22.4 Å². The van der Waals surface area contributed by atoms with Crippen molar-refractivity contribution in [1.82, 2.24) is 5.32 Å². The molecule has 0 aliphatic rings. The van der Waals surface area contributed by atoms with Crippen LogP contribution < -0.4 is 11.1 Å². The molecule has 0 saturated carbocycles. The van der Waals surface area contributed by atoms with Crippen LogP contribution in [0.4, 0.5) is 17.6 Å². The first-order valence-electron chi connectivity index (χ1n) is 7.45. The second-order valence-corrected chi connectivity index (χ2v) is 5.20. The molecule has 25 heavy (non-hydrogen) atoms. The molecule has 1 amide bonds. The van der Waals surface area contributed by atoms with E-state index in [1.807, 2.05) is 0 Å². The van der Waals surface area contributed by atoms with E-state index in [0.29, 0.717) is 24.2 Å². The van der Waals surface area contributed by atoms with Crippen LogP contribution in [0.5, 0.6) is 0 Å². The highest BCUT2D eigenvalue weighted by atomic mass is 19.4. The van der Waals surface area contributed by atoms with Crippen molar-refractivity contribution in [2.75, 3.05) is 13.1 Å². The van der Waals surface area contributed by atoms with Crippen molar-refractivity contribution in [3.05, 3.63) is 70.5 Å². The van der Waals surface area contributed by atoms with Crippen LogP contribution in [-0.4, -0.2) is 19.0 Å². The normalized spacial score (nSPS) is 11.7. The number of nitrogens with one attached hydrogen (secondary N) is 1. The molecule has 0 aliphatic carbocycles. The molecule has 7 heteroatoms. The third-order valence-electron chi connectivity index (χ3n) is 3.39. The molecule has 0 aromatic heterocycles. The molecular formula is C18H16F4N2O. The van der Waals surface area contributed by atoms with Crippen LogP contribution in [0.2, 0.25) is 0 Å². The van der Waals surface area contributed by atoms with E-state index < -0.39 is 17.6 Å². The van der Waals surface area contributed by atoms with Gasteiger partial charge in [-0.25, -0.2) is 4.39 Å². The van der Waals surface area contributed by atoms with Crippen LogP contribution in [-0.2, 0) is 6.18 Å². The van der Waals surface area contributed by atoms with E-state index in [2.05, 4.69) is 5.32 Å². The minimum atomic E-state index is -4.77. The van der Waals surface area contributed by atoms with Crippen LogP contribution in [0.25, 0.3) is 12.2 Å². The topological polar surface area (TPSA) is 55.1 Å². The Labute approximate surface area is 142 Å². The number of carbonyl (C=O) groups is 1. The molecule has 0 saturated heterocycles. The Hall–Kier alpha value is -2.67. The zero-order chi connectivity index (χ0) is 18.4.